The first-order valence-corrected chi connectivity index (χ1v) is 5.39. The highest BCUT2D eigenvalue weighted by Gasteiger charge is 2.40. The van der Waals surface area contributed by atoms with Gasteiger partial charge in [0, 0.05) is 19.6 Å². The number of rotatable bonds is 2. The van der Waals surface area contributed by atoms with Crippen molar-refractivity contribution in [1.29, 1.82) is 0 Å². The first-order chi connectivity index (χ1) is 7.33. The monoisotopic (exact) mass is 202 g/mol. The third-order valence-corrected chi connectivity index (χ3v) is 3.25. The Morgan fingerprint density at radius 2 is 1.93 bits per heavy atom. The summed E-state index contributed by atoms with van der Waals surface area (Å²) in [7, 11) is 0. The highest BCUT2D eigenvalue weighted by atomic mass is 16.2. The van der Waals surface area contributed by atoms with Crippen molar-refractivity contribution in [1.82, 2.24) is 9.80 Å². The maximum atomic E-state index is 11.7. The molecule has 15 heavy (non-hydrogen) atoms. The molecular weight excluding hydrogens is 188 g/mol. The first-order valence-electron chi connectivity index (χ1n) is 5.39. The molecule has 3 nitrogen and oxygen atoms in total. The molecule has 0 N–H and O–H groups in total. The van der Waals surface area contributed by atoms with E-state index in [9.17, 15) is 4.79 Å². The van der Waals surface area contributed by atoms with E-state index in [1.807, 2.05) is 23.1 Å². The summed E-state index contributed by atoms with van der Waals surface area (Å²) in [6.07, 6.45) is 0. The zero-order valence-corrected chi connectivity index (χ0v) is 8.60. The number of piperazine rings is 2. The first kappa shape index (κ1) is 8.92. The Bertz CT molecular complexity index is 370. The van der Waals surface area contributed by atoms with Crippen LogP contribution in [0.4, 0.5) is 0 Å². The predicted molar refractivity (Wildman–Crippen MR) is 57.2 cm³/mol. The quantitative estimate of drug-likeness (QED) is 0.705. The average Bonchev–Trinajstić information content (AvgIpc) is 2.20. The number of hydrogen-bond acceptors (Lipinski definition) is 2. The van der Waals surface area contributed by atoms with E-state index in [-0.39, 0.29) is 5.91 Å². The average molecular weight is 202 g/mol. The minimum absolute atomic E-state index is 0.279. The molecule has 0 radical (unpaired) electrons. The number of carbonyl (C=O) groups is 1. The Labute approximate surface area is 89.3 Å². The normalized spacial score (nSPS) is 28.8. The molecular formula is C12H14N2O. The molecule has 1 amide bonds. The number of fused-ring (bicyclic) bond motifs is 2. The van der Waals surface area contributed by atoms with Gasteiger partial charge in [-0.25, -0.2) is 0 Å². The molecule has 3 heterocycles. The summed E-state index contributed by atoms with van der Waals surface area (Å²) in [5.41, 5.74) is 1.23. The van der Waals surface area contributed by atoms with E-state index >= 15 is 0 Å². The van der Waals surface area contributed by atoms with Gasteiger partial charge >= 0.3 is 0 Å². The van der Waals surface area contributed by atoms with E-state index in [1.54, 1.807) is 0 Å². The van der Waals surface area contributed by atoms with Crippen molar-refractivity contribution in [3.8, 4) is 0 Å². The van der Waals surface area contributed by atoms with Gasteiger partial charge in [-0.15, -0.1) is 0 Å². The third-order valence-electron chi connectivity index (χ3n) is 3.25. The molecule has 0 saturated carbocycles. The minimum atomic E-state index is 0.279. The van der Waals surface area contributed by atoms with Crippen molar-refractivity contribution in [3.63, 3.8) is 0 Å². The van der Waals surface area contributed by atoms with Crippen molar-refractivity contribution >= 4 is 5.91 Å². The standard InChI is InChI=1S/C12H14N2O/c15-12-9-13-7-11(8-13)14(12)6-10-4-2-1-3-5-10/h1-5,11H,6-9H2. The second-order valence-corrected chi connectivity index (χ2v) is 4.36. The second-order valence-electron chi connectivity index (χ2n) is 4.36. The highest BCUT2D eigenvalue weighted by molar-refractivity contribution is 5.80. The number of carbonyl (C=O) groups excluding carboxylic acids is 1. The van der Waals surface area contributed by atoms with Gasteiger partial charge in [-0.1, -0.05) is 30.3 Å². The fraction of sp³-hybridized carbons (Fsp3) is 0.417. The van der Waals surface area contributed by atoms with Crippen LogP contribution in [0.25, 0.3) is 0 Å². The fourth-order valence-electron chi connectivity index (χ4n) is 2.35. The van der Waals surface area contributed by atoms with Crippen molar-refractivity contribution < 1.29 is 4.79 Å². The van der Waals surface area contributed by atoms with Gasteiger partial charge in [-0.2, -0.15) is 0 Å². The van der Waals surface area contributed by atoms with E-state index in [0.29, 0.717) is 12.6 Å². The molecule has 0 atom stereocenters. The number of benzene rings is 1. The molecule has 1 aromatic rings. The summed E-state index contributed by atoms with van der Waals surface area (Å²) in [5.74, 6) is 0.279. The molecule has 0 unspecified atom stereocenters. The molecule has 3 aliphatic rings. The molecule has 0 aromatic heterocycles. The van der Waals surface area contributed by atoms with Crippen LogP contribution in [0.3, 0.4) is 0 Å². The van der Waals surface area contributed by atoms with E-state index in [1.165, 1.54) is 5.56 Å². The summed E-state index contributed by atoms with van der Waals surface area (Å²) >= 11 is 0. The van der Waals surface area contributed by atoms with Crippen LogP contribution in [0, 0.1) is 0 Å². The third kappa shape index (κ3) is 1.53. The zero-order chi connectivity index (χ0) is 10.3. The topological polar surface area (TPSA) is 23.6 Å². The second kappa shape index (κ2) is 3.35. The van der Waals surface area contributed by atoms with Gasteiger partial charge in [-0.3, -0.25) is 9.69 Å². The van der Waals surface area contributed by atoms with Crippen LogP contribution in [0.5, 0.6) is 0 Å². The Morgan fingerprint density at radius 3 is 2.60 bits per heavy atom. The summed E-state index contributed by atoms with van der Waals surface area (Å²) in [6.45, 7) is 3.53. The largest absolute Gasteiger partial charge is 0.332 e. The van der Waals surface area contributed by atoms with Crippen molar-refractivity contribution in [2.45, 2.75) is 12.6 Å². The van der Waals surface area contributed by atoms with Gasteiger partial charge in [0.25, 0.3) is 0 Å². The summed E-state index contributed by atoms with van der Waals surface area (Å²) in [5, 5.41) is 0. The maximum absolute atomic E-state index is 11.7. The van der Waals surface area contributed by atoms with E-state index in [4.69, 9.17) is 0 Å². The lowest BCUT2D eigenvalue weighted by atomic mass is 10.0. The molecule has 3 heteroatoms. The van der Waals surface area contributed by atoms with Gasteiger partial charge < -0.3 is 4.90 Å². The Hall–Kier alpha value is -1.35. The molecule has 1 aromatic carbocycles. The lowest BCUT2D eigenvalue weighted by Gasteiger charge is -2.50. The molecule has 3 saturated heterocycles. The molecule has 2 bridgehead atoms. The summed E-state index contributed by atoms with van der Waals surface area (Å²) < 4.78 is 0. The smallest absolute Gasteiger partial charge is 0.237 e. The van der Waals surface area contributed by atoms with Crippen molar-refractivity contribution in [3.05, 3.63) is 35.9 Å². The SMILES string of the molecule is O=C1CN2CC(C2)N1Cc1ccccc1. The van der Waals surface area contributed by atoms with Gasteiger partial charge in [-0.05, 0) is 5.56 Å². The van der Waals surface area contributed by atoms with Crippen molar-refractivity contribution in [2.75, 3.05) is 19.6 Å². The molecule has 0 aliphatic carbocycles. The van der Waals surface area contributed by atoms with Crippen LogP contribution in [0.1, 0.15) is 5.56 Å². The fourth-order valence-corrected chi connectivity index (χ4v) is 2.35. The Morgan fingerprint density at radius 1 is 1.20 bits per heavy atom. The molecule has 78 valence electrons. The van der Waals surface area contributed by atoms with Gasteiger partial charge in [0.2, 0.25) is 5.91 Å². The van der Waals surface area contributed by atoms with E-state index in [0.717, 1.165) is 19.6 Å². The van der Waals surface area contributed by atoms with E-state index < -0.39 is 0 Å². The van der Waals surface area contributed by atoms with Crippen LogP contribution in [0.15, 0.2) is 30.3 Å². The van der Waals surface area contributed by atoms with Gasteiger partial charge in [0.15, 0.2) is 0 Å². The maximum Gasteiger partial charge on any atom is 0.237 e. The minimum Gasteiger partial charge on any atom is -0.332 e. The molecule has 4 rings (SSSR count). The lowest BCUT2D eigenvalue weighted by molar-refractivity contribution is -0.151. The van der Waals surface area contributed by atoms with E-state index in [2.05, 4.69) is 17.0 Å². The van der Waals surface area contributed by atoms with Gasteiger partial charge in [0.05, 0.1) is 12.6 Å². The van der Waals surface area contributed by atoms with Crippen LogP contribution in [-0.2, 0) is 11.3 Å². The van der Waals surface area contributed by atoms with Crippen LogP contribution in [-0.4, -0.2) is 41.4 Å². The van der Waals surface area contributed by atoms with Gasteiger partial charge in [0.1, 0.15) is 0 Å². The predicted octanol–water partition coefficient (Wildman–Crippen LogP) is 0.713. The Balaban J connectivity index is 1.74. The highest BCUT2D eigenvalue weighted by Crippen LogP contribution is 2.23. The van der Waals surface area contributed by atoms with Crippen LogP contribution >= 0.6 is 0 Å². The Kier molecular flexibility index (Phi) is 1.99. The number of hydrogen-bond donors (Lipinski definition) is 0. The molecule has 0 spiro atoms. The van der Waals surface area contributed by atoms with Crippen LogP contribution in [0.2, 0.25) is 0 Å². The van der Waals surface area contributed by atoms with Crippen molar-refractivity contribution in [2.24, 2.45) is 0 Å². The number of amides is 1. The number of nitrogens with zero attached hydrogens (tertiary/aromatic N) is 2. The summed E-state index contributed by atoms with van der Waals surface area (Å²) in [4.78, 5) is 15.9. The summed E-state index contributed by atoms with van der Waals surface area (Å²) in [6, 6.07) is 10.7. The molecule has 3 fully saturated rings. The lowest BCUT2D eigenvalue weighted by Crippen LogP contribution is -2.68. The molecule has 3 aliphatic heterocycles. The zero-order valence-electron chi connectivity index (χ0n) is 8.60. The van der Waals surface area contributed by atoms with Crippen LogP contribution < -0.4 is 0 Å².